The fourth-order valence-electron chi connectivity index (χ4n) is 10.3. The number of hydrogen-bond acceptors (Lipinski definition) is 5. The molecular weight excluding hydrogens is 480 g/mol. The van der Waals surface area contributed by atoms with E-state index in [2.05, 4.69) is 27.7 Å². The predicted octanol–water partition coefficient (Wildman–Crippen LogP) is 5.93. The van der Waals surface area contributed by atoms with Gasteiger partial charge in [-0.05, 0) is 110 Å². The maximum absolute atomic E-state index is 12.3. The second kappa shape index (κ2) is 11.4. The van der Waals surface area contributed by atoms with Crippen molar-refractivity contribution in [2.75, 3.05) is 6.61 Å². The van der Waals surface area contributed by atoms with Gasteiger partial charge in [0.2, 0.25) is 0 Å². The molecule has 6 nitrogen and oxygen atoms in total. The highest BCUT2D eigenvalue weighted by molar-refractivity contribution is 5.78. The second-order valence-corrected chi connectivity index (χ2v) is 14.5. The van der Waals surface area contributed by atoms with E-state index in [-0.39, 0.29) is 41.3 Å². The van der Waals surface area contributed by atoms with E-state index in [1.165, 1.54) is 6.42 Å². The van der Waals surface area contributed by atoms with Crippen molar-refractivity contribution in [2.24, 2.45) is 64.1 Å². The van der Waals surface area contributed by atoms with Gasteiger partial charge in [-0.25, -0.2) is 0 Å². The van der Waals surface area contributed by atoms with Crippen molar-refractivity contribution in [1.29, 1.82) is 0 Å². The van der Waals surface area contributed by atoms with E-state index >= 15 is 0 Å². The molecule has 4 aliphatic rings. The van der Waals surface area contributed by atoms with Crippen molar-refractivity contribution in [3.63, 3.8) is 0 Å². The molecule has 38 heavy (non-hydrogen) atoms. The average molecular weight is 535 g/mol. The monoisotopic (exact) mass is 534 g/mol. The van der Waals surface area contributed by atoms with E-state index < -0.39 is 17.9 Å². The van der Waals surface area contributed by atoms with Crippen LogP contribution >= 0.6 is 0 Å². The van der Waals surface area contributed by atoms with Crippen molar-refractivity contribution in [3.8, 4) is 0 Å². The molecule has 0 spiro atoms. The zero-order chi connectivity index (χ0) is 28.0. The predicted molar refractivity (Wildman–Crippen MR) is 147 cm³/mol. The maximum atomic E-state index is 12.3. The number of aliphatic carboxylic acids is 1. The Kier molecular flexibility index (Phi) is 8.94. The third-order valence-electron chi connectivity index (χ3n) is 12.5. The molecule has 0 aliphatic heterocycles. The minimum atomic E-state index is -0.939. The number of carboxylic acid groups (broad SMARTS) is 1. The summed E-state index contributed by atoms with van der Waals surface area (Å²) < 4.78 is 5.52. The van der Waals surface area contributed by atoms with Gasteiger partial charge in [-0.3, -0.25) is 9.59 Å². The number of hydrogen-bond donors (Lipinski definition) is 3. The first-order chi connectivity index (χ1) is 17.8. The summed E-state index contributed by atoms with van der Waals surface area (Å²) in [4.78, 5) is 23.8. The van der Waals surface area contributed by atoms with Gasteiger partial charge in [-0.2, -0.15) is 0 Å². The smallest absolute Gasteiger partial charge is 0.307 e. The number of ether oxygens (including phenoxy) is 1. The Morgan fingerprint density at radius 1 is 0.947 bits per heavy atom. The number of esters is 1. The Morgan fingerprint density at radius 2 is 1.61 bits per heavy atom. The third kappa shape index (κ3) is 5.18. The molecule has 0 heterocycles. The van der Waals surface area contributed by atoms with E-state index in [1.807, 2.05) is 13.8 Å². The fourth-order valence-corrected chi connectivity index (χ4v) is 10.3. The lowest BCUT2D eigenvalue weighted by molar-refractivity contribution is -0.203. The highest BCUT2D eigenvalue weighted by Gasteiger charge is 2.64. The third-order valence-corrected chi connectivity index (χ3v) is 12.5. The van der Waals surface area contributed by atoms with Crippen molar-refractivity contribution in [2.45, 2.75) is 118 Å². The Balaban J connectivity index is 1.41. The van der Waals surface area contributed by atoms with Gasteiger partial charge in [0.1, 0.15) is 0 Å². The van der Waals surface area contributed by atoms with Crippen LogP contribution in [0.1, 0.15) is 106 Å². The van der Waals surface area contributed by atoms with Gasteiger partial charge in [0.05, 0.1) is 31.2 Å². The quantitative estimate of drug-likeness (QED) is 0.317. The summed E-state index contributed by atoms with van der Waals surface area (Å²) in [6.07, 6.45) is 8.71. The van der Waals surface area contributed by atoms with Gasteiger partial charge >= 0.3 is 11.9 Å². The van der Waals surface area contributed by atoms with E-state index in [0.717, 1.165) is 51.4 Å². The lowest BCUT2D eigenvalue weighted by Gasteiger charge is -2.64. The molecule has 4 fully saturated rings. The van der Waals surface area contributed by atoms with Gasteiger partial charge in [0, 0.05) is 0 Å². The number of aliphatic hydroxyl groups excluding tert-OH is 2. The van der Waals surface area contributed by atoms with Crippen LogP contribution in [0.15, 0.2) is 0 Å². The number of fused-ring (bicyclic) bond motifs is 5. The first kappa shape index (κ1) is 29.8. The van der Waals surface area contributed by atoms with Crippen LogP contribution in [0.3, 0.4) is 0 Å². The minimum absolute atomic E-state index is 0.0685. The fraction of sp³-hybridized carbons (Fsp3) is 0.938. The average Bonchev–Trinajstić information content (AvgIpc) is 3.20. The molecule has 0 bridgehead atoms. The van der Waals surface area contributed by atoms with Gasteiger partial charge in [-0.15, -0.1) is 0 Å². The largest absolute Gasteiger partial charge is 0.481 e. The molecule has 218 valence electrons. The Labute approximate surface area is 230 Å². The normalized spacial score (nSPS) is 44.0. The van der Waals surface area contributed by atoms with Crippen LogP contribution in [0.4, 0.5) is 0 Å². The molecule has 4 aliphatic carbocycles. The topological polar surface area (TPSA) is 104 Å². The molecule has 0 saturated heterocycles. The molecule has 4 rings (SSSR count). The summed E-state index contributed by atoms with van der Waals surface area (Å²) in [5.41, 5.74) is 0.403. The SMILES string of the molecule is CC[C@H]1[C@@H](O)[C@@H]2[C@H](CC[C@]3(C)[C@@H]([C@H](C)CCOC(=O)C[C@H](C(=O)O)C(C)C)CC[C@@H]23)[C@@]2(C)CC[C@@H](O)C[C@@H]12. The van der Waals surface area contributed by atoms with Crippen molar-refractivity contribution >= 4 is 11.9 Å². The summed E-state index contributed by atoms with van der Waals surface area (Å²) in [6, 6.07) is 0. The number of carbonyl (C=O) groups excluding carboxylic acids is 1. The molecule has 0 radical (unpaired) electrons. The summed E-state index contributed by atoms with van der Waals surface area (Å²) in [6.45, 7) is 13.5. The maximum Gasteiger partial charge on any atom is 0.307 e. The van der Waals surface area contributed by atoms with E-state index in [4.69, 9.17) is 4.74 Å². The molecule has 4 saturated carbocycles. The number of rotatable bonds is 9. The second-order valence-electron chi connectivity index (χ2n) is 14.5. The lowest BCUT2D eigenvalue weighted by Crippen LogP contribution is -2.62. The standard InChI is InChI=1S/C32H54O6/c1-7-21-26-16-20(33)10-13-32(26,6)25-11-14-31(5)23(8-9-24(31)28(25)29(21)35)19(4)12-15-38-27(34)17-22(18(2)3)30(36)37/h18-26,28-29,33,35H,7-17H2,1-6H3,(H,36,37)/t19-,20-,21-,22+,23-,24+,25+,26+,28+,29-,31-,32-/m1/s1. The Bertz CT molecular complexity index is 857. The first-order valence-electron chi connectivity index (χ1n) is 15.6. The van der Waals surface area contributed by atoms with E-state index in [0.29, 0.717) is 42.1 Å². The molecule has 6 heteroatoms. The number of carbonyl (C=O) groups is 2. The summed E-state index contributed by atoms with van der Waals surface area (Å²) >= 11 is 0. The van der Waals surface area contributed by atoms with Crippen LogP contribution in [0.2, 0.25) is 0 Å². The van der Waals surface area contributed by atoms with E-state index in [9.17, 15) is 24.9 Å². The molecule has 0 amide bonds. The summed E-state index contributed by atoms with van der Waals surface area (Å²) in [5, 5.41) is 31.7. The molecule has 0 aromatic heterocycles. The van der Waals surface area contributed by atoms with Crippen LogP contribution in [0, 0.1) is 64.1 Å². The Hall–Kier alpha value is -1.14. The molecule has 12 atom stereocenters. The lowest BCUT2D eigenvalue weighted by atomic mass is 9.41. The summed E-state index contributed by atoms with van der Waals surface area (Å²) in [5.74, 6) is 0.877. The van der Waals surface area contributed by atoms with Gasteiger partial charge < -0.3 is 20.1 Å². The molecular formula is C32H54O6. The first-order valence-corrected chi connectivity index (χ1v) is 15.6. The van der Waals surface area contributed by atoms with Crippen LogP contribution in [0.25, 0.3) is 0 Å². The Morgan fingerprint density at radius 3 is 2.24 bits per heavy atom. The molecule has 0 aromatic carbocycles. The van der Waals surface area contributed by atoms with Gasteiger partial charge in [0.15, 0.2) is 0 Å². The molecule has 3 N–H and O–H groups in total. The van der Waals surface area contributed by atoms with Crippen LogP contribution < -0.4 is 0 Å². The van der Waals surface area contributed by atoms with Gasteiger partial charge in [0.25, 0.3) is 0 Å². The molecule has 0 unspecified atom stereocenters. The minimum Gasteiger partial charge on any atom is -0.481 e. The zero-order valence-electron chi connectivity index (χ0n) is 24.7. The molecule has 0 aromatic rings. The van der Waals surface area contributed by atoms with Crippen LogP contribution in [-0.4, -0.2) is 46.1 Å². The van der Waals surface area contributed by atoms with Crippen LogP contribution in [0.5, 0.6) is 0 Å². The summed E-state index contributed by atoms with van der Waals surface area (Å²) in [7, 11) is 0. The highest BCUT2D eigenvalue weighted by atomic mass is 16.5. The number of carboxylic acids is 1. The zero-order valence-corrected chi connectivity index (χ0v) is 24.7. The van der Waals surface area contributed by atoms with E-state index in [1.54, 1.807) is 0 Å². The van der Waals surface area contributed by atoms with Crippen molar-refractivity contribution in [3.05, 3.63) is 0 Å². The van der Waals surface area contributed by atoms with Gasteiger partial charge in [-0.1, -0.05) is 48.0 Å². The number of aliphatic hydroxyl groups is 2. The van der Waals surface area contributed by atoms with Crippen molar-refractivity contribution in [1.82, 2.24) is 0 Å². The highest BCUT2D eigenvalue weighted by Crippen LogP contribution is 2.69. The van der Waals surface area contributed by atoms with Crippen molar-refractivity contribution < 1.29 is 29.6 Å². The van der Waals surface area contributed by atoms with Crippen LogP contribution in [-0.2, 0) is 14.3 Å².